The fourth-order valence-corrected chi connectivity index (χ4v) is 10.7. The van der Waals surface area contributed by atoms with E-state index < -0.39 is 37.0 Å². The maximum Gasteiger partial charge on any atom is 0.331 e. The summed E-state index contributed by atoms with van der Waals surface area (Å²) in [6, 6.07) is 50.2. The number of nitrogens with one attached hydrogen (secondary N) is 2. The van der Waals surface area contributed by atoms with Crippen LogP contribution >= 0.6 is 0 Å². The number of hydrogen-bond donors (Lipinski definition) is 2. The predicted octanol–water partition coefficient (Wildman–Crippen LogP) is 10.9. The molecule has 0 unspecified atom stereocenters. The van der Waals surface area contributed by atoms with Crippen molar-refractivity contribution in [2.75, 3.05) is 76.3 Å². The fourth-order valence-electron chi connectivity index (χ4n) is 10.7. The molecule has 6 aromatic rings. The van der Waals surface area contributed by atoms with Gasteiger partial charge >= 0.3 is 11.9 Å². The molecule has 0 spiro atoms. The molecule has 4 N–H and O–H groups in total. The molecule has 0 aromatic heterocycles. The van der Waals surface area contributed by atoms with Gasteiger partial charge in [0.1, 0.15) is 11.5 Å². The first-order chi connectivity index (χ1) is 37.9. The normalized spacial score (nSPS) is 14.4. The third kappa shape index (κ3) is 18.5. The molecule has 2 heterocycles. The van der Waals surface area contributed by atoms with E-state index in [0.717, 1.165) is 89.9 Å². The Morgan fingerprint density at radius 3 is 1.04 bits per heavy atom. The molecule has 0 saturated carbocycles. The number of rotatable bonds is 24. The Labute approximate surface area is 466 Å². The largest absolute Gasteiger partial charge is 0.494 e. The number of aryl methyl sites for hydroxylation is 4. The highest BCUT2D eigenvalue weighted by Gasteiger charge is 2.30. The van der Waals surface area contributed by atoms with Crippen LogP contribution in [0.5, 0.6) is 11.5 Å². The lowest BCUT2D eigenvalue weighted by atomic mass is 9.76. The van der Waals surface area contributed by atoms with Gasteiger partial charge in [0.2, 0.25) is 0 Å². The molecule has 0 aliphatic carbocycles. The number of carbonyl (C=O) groups excluding carboxylic acids is 4. The average Bonchev–Trinajstić information content (AvgIpc) is 3.53. The standard InChI is InChI=1S/C66H76N4O8.H2O/c1-47-7-15-51(16-8-47)65(52-17-9-48(2)10-18-52)55-33-39-69(40-34-55)37-5-43-75-59-27-23-57(24-28-59)67-61(71)45-77-63(73)31-32-64(74)78-46-62(72)68-58-25-29-60(30-26-58)76-44-6-38-70-41-35-56(36-42-70)66(53-19-11-49(3)12-20-53)54-21-13-50(4)14-22-54;/h7-32,55-56,65-66H,5-6,33-46H2,1-4H3,(H,67,71)(H,68,72);1H2/b32-31+;. The Balaban J connectivity index is 0.00000903. The van der Waals surface area contributed by atoms with Crippen molar-refractivity contribution in [3.05, 3.63) is 202 Å². The third-order valence-corrected chi connectivity index (χ3v) is 15.1. The maximum absolute atomic E-state index is 12.5. The summed E-state index contributed by atoms with van der Waals surface area (Å²) in [5, 5.41) is 5.36. The third-order valence-electron chi connectivity index (χ3n) is 15.1. The molecule has 2 aliphatic heterocycles. The van der Waals surface area contributed by atoms with Crippen molar-refractivity contribution in [3.8, 4) is 11.5 Å². The summed E-state index contributed by atoms with van der Waals surface area (Å²) < 4.78 is 22.0. The molecule has 416 valence electrons. The minimum absolute atomic E-state index is 0. The Bertz CT molecular complexity index is 2590. The van der Waals surface area contributed by atoms with E-state index in [4.69, 9.17) is 18.9 Å². The van der Waals surface area contributed by atoms with Crippen LogP contribution in [0.25, 0.3) is 0 Å². The number of benzene rings is 6. The molecule has 0 bridgehead atoms. The molecular weight excluding hydrogens is 993 g/mol. The van der Waals surface area contributed by atoms with Crippen LogP contribution in [0, 0.1) is 39.5 Å². The monoisotopic (exact) mass is 1070 g/mol. The van der Waals surface area contributed by atoms with Gasteiger partial charge in [-0.15, -0.1) is 0 Å². The number of anilines is 2. The van der Waals surface area contributed by atoms with Crippen LogP contribution in [0.15, 0.2) is 158 Å². The van der Waals surface area contributed by atoms with Gasteiger partial charge in [-0.2, -0.15) is 0 Å². The smallest absolute Gasteiger partial charge is 0.331 e. The lowest BCUT2D eigenvalue weighted by Crippen LogP contribution is -2.36. The van der Waals surface area contributed by atoms with E-state index in [-0.39, 0.29) is 5.48 Å². The van der Waals surface area contributed by atoms with Crippen LogP contribution in [0.1, 0.15) is 94.9 Å². The number of esters is 2. The Kier molecular flexibility index (Phi) is 22.4. The van der Waals surface area contributed by atoms with Gasteiger partial charge in [0, 0.05) is 48.5 Å². The van der Waals surface area contributed by atoms with Gasteiger partial charge in [-0.05, 0) is 175 Å². The summed E-state index contributed by atoms with van der Waals surface area (Å²) in [6.07, 6.45) is 8.07. The van der Waals surface area contributed by atoms with Crippen LogP contribution < -0.4 is 20.1 Å². The zero-order valence-electron chi connectivity index (χ0n) is 46.3. The number of likely N-dealkylation sites (tertiary alicyclic amines) is 2. The average molecular weight is 1070 g/mol. The second kappa shape index (κ2) is 30.0. The van der Waals surface area contributed by atoms with Gasteiger partial charge in [-0.1, -0.05) is 119 Å². The number of nitrogens with zero attached hydrogens (tertiary/aromatic N) is 2. The van der Waals surface area contributed by atoms with Gasteiger partial charge in [0.25, 0.3) is 11.8 Å². The predicted molar refractivity (Wildman–Crippen MR) is 312 cm³/mol. The SMILES string of the molecule is Cc1ccc(C(c2ccc(C)cc2)C2CCN(CCCOc3ccc(NC(=O)COC(=O)/C=C/C(=O)OCC(=O)Nc4ccc(OCCCN5CCC(C(c6ccc(C)cc6)c6ccc(C)cc6)CC5)cc4)cc3)CC2)cc1.O. The summed E-state index contributed by atoms with van der Waals surface area (Å²) >= 11 is 0. The molecule has 8 rings (SSSR count). The zero-order chi connectivity index (χ0) is 54.6. The highest BCUT2D eigenvalue weighted by Crippen LogP contribution is 2.40. The minimum atomic E-state index is -0.919. The van der Waals surface area contributed by atoms with E-state index in [9.17, 15) is 19.2 Å². The molecule has 2 aliphatic rings. The number of piperidine rings is 2. The first-order valence-corrected chi connectivity index (χ1v) is 27.7. The van der Waals surface area contributed by atoms with Crippen molar-refractivity contribution in [1.29, 1.82) is 0 Å². The number of ether oxygens (including phenoxy) is 4. The molecule has 2 fully saturated rings. The van der Waals surface area contributed by atoms with E-state index in [1.54, 1.807) is 48.5 Å². The number of hydrogen-bond acceptors (Lipinski definition) is 10. The maximum atomic E-state index is 12.5. The fraction of sp³-hybridized carbons (Fsp3) is 0.364. The van der Waals surface area contributed by atoms with Crippen molar-refractivity contribution >= 4 is 35.1 Å². The van der Waals surface area contributed by atoms with Gasteiger partial charge in [-0.3, -0.25) is 9.59 Å². The Hall–Kier alpha value is -7.58. The van der Waals surface area contributed by atoms with Crippen LogP contribution in [0.4, 0.5) is 11.4 Å². The van der Waals surface area contributed by atoms with Crippen LogP contribution in [0.3, 0.4) is 0 Å². The van der Waals surface area contributed by atoms with E-state index in [1.807, 2.05) is 0 Å². The van der Waals surface area contributed by atoms with Crippen LogP contribution in [0.2, 0.25) is 0 Å². The van der Waals surface area contributed by atoms with Gasteiger partial charge in [0.15, 0.2) is 13.2 Å². The Morgan fingerprint density at radius 2 is 0.747 bits per heavy atom. The second-order valence-corrected chi connectivity index (χ2v) is 21.1. The lowest BCUT2D eigenvalue weighted by molar-refractivity contribution is -0.144. The van der Waals surface area contributed by atoms with E-state index in [0.29, 0.717) is 59.8 Å². The molecule has 2 saturated heterocycles. The lowest BCUT2D eigenvalue weighted by Gasteiger charge is -2.36. The van der Waals surface area contributed by atoms with Crippen molar-refractivity contribution in [3.63, 3.8) is 0 Å². The minimum Gasteiger partial charge on any atom is -0.494 e. The van der Waals surface area contributed by atoms with Crippen molar-refractivity contribution in [1.82, 2.24) is 9.80 Å². The second-order valence-electron chi connectivity index (χ2n) is 21.1. The summed E-state index contributed by atoms with van der Waals surface area (Å²) in [4.78, 5) is 54.5. The molecule has 2 amide bonds. The molecule has 79 heavy (non-hydrogen) atoms. The van der Waals surface area contributed by atoms with Gasteiger partial charge in [0.05, 0.1) is 13.2 Å². The van der Waals surface area contributed by atoms with Crippen LogP contribution in [-0.4, -0.2) is 105 Å². The highest BCUT2D eigenvalue weighted by atomic mass is 16.5. The van der Waals surface area contributed by atoms with E-state index in [2.05, 4.69) is 145 Å². The van der Waals surface area contributed by atoms with Crippen molar-refractivity contribution < 1.29 is 43.6 Å². The number of amides is 2. The first-order valence-electron chi connectivity index (χ1n) is 27.7. The highest BCUT2D eigenvalue weighted by molar-refractivity contribution is 5.97. The summed E-state index contributed by atoms with van der Waals surface area (Å²) in [7, 11) is 0. The van der Waals surface area contributed by atoms with Gasteiger partial charge in [-0.25, -0.2) is 9.59 Å². The molecule has 13 heteroatoms. The molecular formula is C66H78N4O9. The molecule has 0 radical (unpaired) electrons. The topological polar surface area (TPSA) is 167 Å². The number of carbonyl (C=O) groups is 4. The molecule has 6 aromatic carbocycles. The summed E-state index contributed by atoms with van der Waals surface area (Å²) in [6.45, 7) is 14.8. The van der Waals surface area contributed by atoms with E-state index in [1.165, 1.54) is 44.5 Å². The summed E-state index contributed by atoms with van der Waals surface area (Å²) in [5.74, 6) is 0.396. The van der Waals surface area contributed by atoms with Crippen LogP contribution in [-0.2, 0) is 28.7 Å². The Morgan fingerprint density at radius 1 is 0.456 bits per heavy atom. The van der Waals surface area contributed by atoms with Crippen molar-refractivity contribution in [2.24, 2.45) is 11.8 Å². The molecule has 13 nitrogen and oxygen atoms in total. The van der Waals surface area contributed by atoms with E-state index >= 15 is 0 Å². The first kappa shape index (κ1) is 59.1. The summed E-state index contributed by atoms with van der Waals surface area (Å²) in [5.41, 5.74) is 11.7. The quantitative estimate of drug-likeness (QED) is 0.0338. The zero-order valence-corrected chi connectivity index (χ0v) is 46.3. The van der Waals surface area contributed by atoms with Gasteiger partial charge < -0.3 is 44.9 Å². The molecule has 0 atom stereocenters. The van der Waals surface area contributed by atoms with Crippen molar-refractivity contribution in [2.45, 2.75) is 78.1 Å².